The van der Waals surface area contributed by atoms with E-state index in [0.717, 1.165) is 32.5 Å². The molecule has 0 aromatic carbocycles. The van der Waals surface area contributed by atoms with E-state index in [1.807, 2.05) is 0 Å². The van der Waals surface area contributed by atoms with Gasteiger partial charge in [-0.15, -0.1) is 0 Å². The normalized spacial score (nSPS) is 36.4. The first-order valence-electron chi connectivity index (χ1n) is 6.95. The van der Waals surface area contributed by atoms with E-state index < -0.39 is 0 Å². The highest BCUT2D eigenvalue weighted by atomic mass is 16.1. The van der Waals surface area contributed by atoms with Crippen LogP contribution in [0.1, 0.15) is 39.0 Å². The number of piperidine rings is 1. The van der Waals surface area contributed by atoms with Crippen LogP contribution in [0.2, 0.25) is 0 Å². The van der Waals surface area contributed by atoms with E-state index in [-0.39, 0.29) is 5.91 Å². The van der Waals surface area contributed by atoms with Gasteiger partial charge < -0.3 is 11.1 Å². The van der Waals surface area contributed by atoms with Gasteiger partial charge in [0.05, 0.1) is 0 Å². The highest BCUT2D eigenvalue weighted by Crippen LogP contribution is 2.27. The Hall–Kier alpha value is -0.610. The van der Waals surface area contributed by atoms with Crippen LogP contribution in [0.5, 0.6) is 0 Å². The molecule has 2 saturated heterocycles. The largest absolute Gasteiger partial charge is 0.356 e. The summed E-state index contributed by atoms with van der Waals surface area (Å²) in [5.74, 6) is 0.876. The van der Waals surface area contributed by atoms with Crippen molar-refractivity contribution >= 4 is 5.91 Å². The molecular weight excluding hydrogens is 214 g/mol. The number of nitrogens with zero attached hydrogens (tertiary/aromatic N) is 1. The quantitative estimate of drug-likeness (QED) is 0.746. The Bertz CT molecular complexity index is 269. The fourth-order valence-corrected chi connectivity index (χ4v) is 3.34. The van der Waals surface area contributed by atoms with Gasteiger partial charge in [-0.1, -0.05) is 6.92 Å². The first kappa shape index (κ1) is 12.8. The van der Waals surface area contributed by atoms with Gasteiger partial charge in [0, 0.05) is 31.6 Å². The van der Waals surface area contributed by atoms with Crippen LogP contribution in [-0.4, -0.2) is 42.5 Å². The zero-order chi connectivity index (χ0) is 12.3. The first-order chi connectivity index (χ1) is 8.22. The number of hydrogen-bond donors (Lipinski definition) is 2. The highest BCUT2D eigenvalue weighted by molar-refractivity contribution is 5.76. The van der Waals surface area contributed by atoms with Gasteiger partial charge in [-0.3, -0.25) is 9.69 Å². The minimum atomic E-state index is 0.210. The molecule has 0 spiro atoms. The van der Waals surface area contributed by atoms with E-state index in [4.69, 9.17) is 5.73 Å². The molecule has 3 unspecified atom stereocenters. The van der Waals surface area contributed by atoms with Crippen molar-refractivity contribution in [2.45, 2.75) is 51.1 Å². The van der Waals surface area contributed by atoms with E-state index in [9.17, 15) is 4.79 Å². The van der Waals surface area contributed by atoms with E-state index in [1.54, 1.807) is 0 Å². The number of hydrogen-bond acceptors (Lipinski definition) is 3. The summed E-state index contributed by atoms with van der Waals surface area (Å²) in [6, 6.07) is 0.883. The Morgan fingerprint density at radius 2 is 2.24 bits per heavy atom. The van der Waals surface area contributed by atoms with Crippen molar-refractivity contribution in [2.24, 2.45) is 11.7 Å². The Labute approximate surface area is 104 Å². The number of likely N-dealkylation sites (tertiary alicyclic amines) is 1. The van der Waals surface area contributed by atoms with Crippen LogP contribution in [0.4, 0.5) is 0 Å². The number of carbonyl (C=O) groups is 1. The molecule has 98 valence electrons. The molecule has 0 aromatic heterocycles. The van der Waals surface area contributed by atoms with Crippen LogP contribution in [0.25, 0.3) is 0 Å². The predicted octanol–water partition coefficient (Wildman–Crippen LogP) is 0.714. The summed E-state index contributed by atoms with van der Waals surface area (Å²) < 4.78 is 0. The molecular formula is C13H25N3O. The van der Waals surface area contributed by atoms with Crippen molar-refractivity contribution in [3.63, 3.8) is 0 Å². The molecule has 3 atom stereocenters. The van der Waals surface area contributed by atoms with E-state index in [1.165, 1.54) is 12.8 Å². The van der Waals surface area contributed by atoms with Crippen LogP contribution < -0.4 is 11.1 Å². The molecule has 4 nitrogen and oxygen atoms in total. The highest BCUT2D eigenvalue weighted by Gasteiger charge is 2.33. The monoisotopic (exact) mass is 239 g/mol. The number of amides is 1. The number of rotatable bonds is 2. The third-order valence-electron chi connectivity index (χ3n) is 4.33. The van der Waals surface area contributed by atoms with Gasteiger partial charge in [0.15, 0.2) is 0 Å². The maximum absolute atomic E-state index is 11.6. The Morgan fingerprint density at radius 3 is 3.00 bits per heavy atom. The minimum absolute atomic E-state index is 0.210. The van der Waals surface area contributed by atoms with Crippen LogP contribution in [0, 0.1) is 5.92 Å². The maximum atomic E-state index is 11.6. The van der Waals surface area contributed by atoms with E-state index >= 15 is 0 Å². The molecule has 2 heterocycles. The average Bonchev–Trinajstić information content (AvgIpc) is 2.53. The van der Waals surface area contributed by atoms with E-state index in [0.29, 0.717) is 24.4 Å². The number of nitrogens with one attached hydrogen (secondary N) is 1. The second kappa shape index (κ2) is 5.83. The van der Waals surface area contributed by atoms with Crippen molar-refractivity contribution in [2.75, 3.05) is 19.6 Å². The molecule has 17 heavy (non-hydrogen) atoms. The summed E-state index contributed by atoms with van der Waals surface area (Å²) in [5, 5.41) is 2.96. The van der Waals surface area contributed by atoms with Crippen LogP contribution in [-0.2, 0) is 4.79 Å². The molecule has 2 aliphatic heterocycles. The fraction of sp³-hybridized carbons (Fsp3) is 0.923. The molecule has 2 fully saturated rings. The molecule has 1 amide bonds. The summed E-state index contributed by atoms with van der Waals surface area (Å²) in [4.78, 5) is 14.2. The van der Waals surface area contributed by atoms with Crippen molar-refractivity contribution in [3.8, 4) is 0 Å². The molecule has 2 aliphatic rings. The van der Waals surface area contributed by atoms with Crippen molar-refractivity contribution in [1.29, 1.82) is 0 Å². The average molecular weight is 239 g/mol. The van der Waals surface area contributed by atoms with Crippen molar-refractivity contribution in [1.82, 2.24) is 10.2 Å². The topological polar surface area (TPSA) is 58.4 Å². The molecule has 3 N–H and O–H groups in total. The Balaban J connectivity index is 2.04. The van der Waals surface area contributed by atoms with Gasteiger partial charge in [0.2, 0.25) is 5.91 Å². The van der Waals surface area contributed by atoms with Gasteiger partial charge in [-0.2, -0.15) is 0 Å². The van der Waals surface area contributed by atoms with Gasteiger partial charge in [0.25, 0.3) is 0 Å². The van der Waals surface area contributed by atoms with Crippen LogP contribution in [0.15, 0.2) is 0 Å². The fourth-order valence-electron chi connectivity index (χ4n) is 3.34. The second-order valence-corrected chi connectivity index (χ2v) is 5.51. The van der Waals surface area contributed by atoms with Crippen LogP contribution in [0.3, 0.4) is 0 Å². The van der Waals surface area contributed by atoms with Crippen molar-refractivity contribution in [3.05, 3.63) is 0 Å². The lowest BCUT2D eigenvalue weighted by Gasteiger charge is -2.43. The molecule has 0 saturated carbocycles. The summed E-state index contributed by atoms with van der Waals surface area (Å²) in [7, 11) is 0. The van der Waals surface area contributed by atoms with Crippen LogP contribution >= 0.6 is 0 Å². The Morgan fingerprint density at radius 1 is 1.41 bits per heavy atom. The zero-order valence-electron chi connectivity index (χ0n) is 10.8. The summed E-state index contributed by atoms with van der Waals surface area (Å²) >= 11 is 0. The summed E-state index contributed by atoms with van der Waals surface area (Å²) in [6.45, 7) is 4.97. The molecule has 0 aromatic rings. The lowest BCUT2D eigenvalue weighted by atomic mass is 9.88. The first-order valence-corrected chi connectivity index (χ1v) is 6.95. The van der Waals surface area contributed by atoms with Gasteiger partial charge >= 0.3 is 0 Å². The lowest BCUT2D eigenvalue weighted by Crippen LogP contribution is -2.53. The third kappa shape index (κ3) is 2.99. The standard InChI is InChI=1S/C13H25N3O/c1-10-4-3-7-16(12(10)9-14)11-5-2-6-15-13(17)8-11/h10-12H,2-9,14H2,1H3,(H,15,17). The predicted molar refractivity (Wildman–Crippen MR) is 68.6 cm³/mol. The zero-order valence-corrected chi connectivity index (χ0v) is 10.8. The lowest BCUT2D eigenvalue weighted by molar-refractivity contribution is -0.122. The van der Waals surface area contributed by atoms with Crippen molar-refractivity contribution < 1.29 is 4.79 Å². The maximum Gasteiger partial charge on any atom is 0.221 e. The SMILES string of the molecule is CC1CCCN(C2CCCNC(=O)C2)C1CN. The Kier molecular flexibility index (Phi) is 4.40. The molecule has 0 radical (unpaired) electrons. The second-order valence-electron chi connectivity index (χ2n) is 5.51. The minimum Gasteiger partial charge on any atom is -0.356 e. The van der Waals surface area contributed by atoms with Gasteiger partial charge in [-0.05, 0) is 38.1 Å². The summed E-state index contributed by atoms with van der Waals surface area (Å²) in [6.07, 6.45) is 5.40. The smallest absolute Gasteiger partial charge is 0.221 e. The van der Waals surface area contributed by atoms with Gasteiger partial charge in [0.1, 0.15) is 0 Å². The molecule has 4 heteroatoms. The molecule has 0 bridgehead atoms. The third-order valence-corrected chi connectivity index (χ3v) is 4.33. The van der Waals surface area contributed by atoms with E-state index in [2.05, 4.69) is 17.1 Å². The molecule has 0 aliphatic carbocycles. The number of carbonyl (C=O) groups excluding carboxylic acids is 1. The number of nitrogens with two attached hydrogens (primary N) is 1. The molecule has 2 rings (SSSR count). The summed E-state index contributed by atoms with van der Waals surface area (Å²) in [5.41, 5.74) is 5.92. The van der Waals surface area contributed by atoms with Gasteiger partial charge in [-0.25, -0.2) is 0 Å².